The van der Waals surface area contributed by atoms with Gasteiger partial charge in [-0.1, -0.05) is 18.5 Å². The number of nitrogens with zero attached hydrogens (tertiary/aromatic N) is 3. The van der Waals surface area contributed by atoms with Gasteiger partial charge in [0.05, 0.1) is 16.6 Å². The van der Waals surface area contributed by atoms with Crippen molar-refractivity contribution in [3.8, 4) is 0 Å². The first-order valence-corrected chi connectivity index (χ1v) is 9.70. The Bertz CT molecular complexity index is 827. The molecule has 2 aromatic rings. The number of aromatic nitrogens is 1. The largest absolute Gasteiger partial charge is 0.369 e. The van der Waals surface area contributed by atoms with E-state index in [1.807, 2.05) is 24.1 Å². The fourth-order valence-corrected chi connectivity index (χ4v) is 4.54. The number of anilines is 1. The molecule has 3 atom stereocenters. The molecule has 5 nitrogen and oxygen atoms in total. The molecule has 1 N–H and O–H groups in total. The third-order valence-corrected chi connectivity index (χ3v) is 5.87. The Hall–Kier alpha value is -1.85. The highest BCUT2D eigenvalue weighted by molar-refractivity contribution is 6.35. The summed E-state index contributed by atoms with van der Waals surface area (Å²) in [5, 5.41) is 5.38. The van der Waals surface area contributed by atoms with Crippen molar-refractivity contribution in [1.29, 1.82) is 0 Å². The van der Waals surface area contributed by atoms with Gasteiger partial charge in [-0.2, -0.15) is 0 Å². The fourth-order valence-electron chi connectivity index (χ4n) is 4.33. The molecular weight excluding hydrogens is 348 g/mol. The second kappa shape index (κ2) is 7.05. The van der Waals surface area contributed by atoms with Gasteiger partial charge in [-0.3, -0.25) is 9.78 Å². The van der Waals surface area contributed by atoms with Crippen molar-refractivity contribution in [3.63, 3.8) is 0 Å². The van der Waals surface area contributed by atoms with Crippen LogP contribution >= 0.6 is 11.6 Å². The number of rotatable bonds is 3. The van der Waals surface area contributed by atoms with Gasteiger partial charge in [-0.05, 0) is 43.0 Å². The predicted octanol–water partition coefficient (Wildman–Crippen LogP) is 2.92. The summed E-state index contributed by atoms with van der Waals surface area (Å²) in [7, 11) is 1.88. The number of hydrogen-bond donors (Lipinski definition) is 1. The molecule has 26 heavy (non-hydrogen) atoms. The number of piperidine rings is 1. The number of carbonyl (C=O) groups is 1. The summed E-state index contributed by atoms with van der Waals surface area (Å²) in [5.74, 6) is 0.772. The number of likely N-dealkylation sites (N-methyl/N-ethyl adjacent to an activating group) is 1. The van der Waals surface area contributed by atoms with E-state index < -0.39 is 0 Å². The lowest BCUT2D eigenvalue weighted by Crippen LogP contribution is -2.53. The number of nitrogens with one attached hydrogen (secondary N) is 1. The van der Waals surface area contributed by atoms with Crippen LogP contribution in [-0.4, -0.2) is 54.6 Å². The standard InChI is InChI=1S/C20H25ClN4O/c1-13-10-14(23-17-7-9-24(2)20(17)26)12-25(11-13)18-6-5-16(21)19-15(18)4-3-8-22-19/h3-6,8,13-14,17,23H,7,9-12H2,1-2H3. The van der Waals surface area contributed by atoms with Gasteiger partial charge >= 0.3 is 0 Å². The second-order valence-corrected chi connectivity index (χ2v) is 8.08. The van der Waals surface area contributed by atoms with E-state index in [2.05, 4.69) is 34.3 Å². The molecule has 138 valence electrons. The van der Waals surface area contributed by atoms with Crippen molar-refractivity contribution in [1.82, 2.24) is 15.2 Å². The normalized spacial score (nSPS) is 26.7. The fraction of sp³-hybridized carbons (Fsp3) is 0.500. The molecule has 4 rings (SSSR count). The molecule has 2 fully saturated rings. The van der Waals surface area contributed by atoms with Crippen molar-refractivity contribution in [2.45, 2.75) is 31.8 Å². The number of fused-ring (bicyclic) bond motifs is 1. The summed E-state index contributed by atoms with van der Waals surface area (Å²) in [6, 6.07) is 8.33. The molecule has 2 saturated heterocycles. The lowest BCUT2D eigenvalue weighted by molar-refractivity contribution is -0.128. The average Bonchev–Trinajstić information content (AvgIpc) is 2.94. The Kier molecular flexibility index (Phi) is 4.76. The van der Waals surface area contributed by atoms with E-state index >= 15 is 0 Å². The Morgan fingerprint density at radius 1 is 1.27 bits per heavy atom. The first-order chi connectivity index (χ1) is 12.5. The average molecular weight is 373 g/mol. The minimum absolute atomic E-state index is 0.0409. The molecule has 3 heterocycles. The number of carbonyl (C=O) groups excluding carboxylic acids is 1. The summed E-state index contributed by atoms with van der Waals surface area (Å²) < 4.78 is 0. The topological polar surface area (TPSA) is 48.5 Å². The molecule has 0 bridgehead atoms. The van der Waals surface area contributed by atoms with Crippen LogP contribution in [0.15, 0.2) is 30.5 Å². The zero-order valence-electron chi connectivity index (χ0n) is 15.3. The van der Waals surface area contributed by atoms with Gasteiger partial charge in [-0.15, -0.1) is 0 Å². The summed E-state index contributed by atoms with van der Waals surface area (Å²) >= 11 is 6.33. The molecule has 0 saturated carbocycles. The molecule has 1 amide bonds. The summed E-state index contributed by atoms with van der Waals surface area (Å²) in [4.78, 5) is 20.9. The first-order valence-electron chi connectivity index (χ1n) is 9.32. The quantitative estimate of drug-likeness (QED) is 0.900. The zero-order valence-corrected chi connectivity index (χ0v) is 16.0. The van der Waals surface area contributed by atoms with Crippen molar-refractivity contribution >= 4 is 34.1 Å². The molecule has 2 aliphatic rings. The molecule has 6 heteroatoms. The molecule has 1 aromatic carbocycles. The third kappa shape index (κ3) is 3.26. The van der Waals surface area contributed by atoms with E-state index in [0.717, 1.165) is 43.4 Å². The number of benzene rings is 1. The maximum absolute atomic E-state index is 12.3. The van der Waals surface area contributed by atoms with Gasteiger partial charge in [0.1, 0.15) is 0 Å². The Morgan fingerprint density at radius 2 is 2.12 bits per heavy atom. The van der Waals surface area contributed by atoms with Gasteiger partial charge in [0, 0.05) is 50.0 Å². The van der Waals surface area contributed by atoms with Gasteiger partial charge in [0.15, 0.2) is 0 Å². The smallest absolute Gasteiger partial charge is 0.239 e. The molecule has 0 radical (unpaired) electrons. The molecule has 0 aliphatic carbocycles. The number of likely N-dealkylation sites (tertiary alicyclic amines) is 1. The number of amides is 1. The van der Waals surface area contributed by atoms with Crippen LogP contribution in [0, 0.1) is 5.92 Å². The highest BCUT2D eigenvalue weighted by Gasteiger charge is 2.33. The maximum Gasteiger partial charge on any atom is 0.239 e. The van der Waals surface area contributed by atoms with Gasteiger partial charge in [0.2, 0.25) is 5.91 Å². The van der Waals surface area contributed by atoms with Crippen LogP contribution in [0.25, 0.3) is 10.9 Å². The molecule has 3 unspecified atom stereocenters. The van der Waals surface area contributed by atoms with Crippen molar-refractivity contribution < 1.29 is 4.79 Å². The number of halogens is 1. The van der Waals surface area contributed by atoms with Crippen LogP contribution < -0.4 is 10.2 Å². The molecule has 2 aliphatic heterocycles. The van der Waals surface area contributed by atoms with Crippen molar-refractivity contribution in [3.05, 3.63) is 35.5 Å². The van der Waals surface area contributed by atoms with Crippen LogP contribution in [-0.2, 0) is 4.79 Å². The third-order valence-electron chi connectivity index (χ3n) is 5.56. The summed E-state index contributed by atoms with van der Waals surface area (Å²) in [6.07, 6.45) is 3.77. The Balaban J connectivity index is 1.58. The minimum atomic E-state index is -0.0409. The SMILES string of the molecule is CC1CC(NC2CCN(C)C2=O)CN(c2ccc(Cl)c3ncccc23)C1. The zero-order chi connectivity index (χ0) is 18.3. The first kappa shape index (κ1) is 17.6. The predicted molar refractivity (Wildman–Crippen MR) is 106 cm³/mol. The Labute approximate surface area is 159 Å². The van der Waals surface area contributed by atoms with E-state index in [1.165, 1.54) is 5.69 Å². The second-order valence-electron chi connectivity index (χ2n) is 7.68. The van der Waals surface area contributed by atoms with Crippen LogP contribution in [0.4, 0.5) is 5.69 Å². The van der Waals surface area contributed by atoms with Gasteiger partial charge < -0.3 is 15.1 Å². The van der Waals surface area contributed by atoms with E-state index in [1.54, 1.807) is 6.20 Å². The van der Waals surface area contributed by atoms with E-state index in [0.29, 0.717) is 17.0 Å². The summed E-state index contributed by atoms with van der Waals surface area (Å²) in [6.45, 7) is 5.02. The molecule has 1 aromatic heterocycles. The number of pyridine rings is 1. The van der Waals surface area contributed by atoms with Crippen LogP contribution in [0.5, 0.6) is 0 Å². The lowest BCUT2D eigenvalue weighted by atomic mass is 9.94. The van der Waals surface area contributed by atoms with E-state index in [9.17, 15) is 4.79 Å². The van der Waals surface area contributed by atoms with Gasteiger partial charge in [0.25, 0.3) is 0 Å². The lowest BCUT2D eigenvalue weighted by Gasteiger charge is -2.39. The Morgan fingerprint density at radius 3 is 2.88 bits per heavy atom. The van der Waals surface area contributed by atoms with E-state index in [-0.39, 0.29) is 11.9 Å². The molecular formula is C20H25ClN4O. The molecule has 0 spiro atoms. The maximum atomic E-state index is 12.3. The van der Waals surface area contributed by atoms with Crippen molar-refractivity contribution in [2.24, 2.45) is 5.92 Å². The minimum Gasteiger partial charge on any atom is -0.369 e. The highest BCUT2D eigenvalue weighted by atomic mass is 35.5. The van der Waals surface area contributed by atoms with Gasteiger partial charge in [-0.25, -0.2) is 0 Å². The van der Waals surface area contributed by atoms with Crippen LogP contribution in [0.1, 0.15) is 19.8 Å². The van der Waals surface area contributed by atoms with Crippen LogP contribution in [0.3, 0.4) is 0 Å². The monoisotopic (exact) mass is 372 g/mol. The van der Waals surface area contributed by atoms with Crippen LogP contribution in [0.2, 0.25) is 5.02 Å². The van der Waals surface area contributed by atoms with E-state index in [4.69, 9.17) is 11.6 Å². The highest BCUT2D eigenvalue weighted by Crippen LogP contribution is 2.33. The van der Waals surface area contributed by atoms with Crippen molar-refractivity contribution in [2.75, 3.05) is 31.6 Å². The number of hydrogen-bond acceptors (Lipinski definition) is 4. The summed E-state index contributed by atoms with van der Waals surface area (Å²) in [5.41, 5.74) is 2.02.